The second-order valence-corrected chi connectivity index (χ2v) is 7.21. The molecule has 1 unspecified atom stereocenters. The van der Waals surface area contributed by atoms with Crippen molar-refractivity contribution >= 4 is 11.6 Å². The minimum absolute atomic E-state index is 0.144. The van der Waals surface area contributed by atoms with Crippen LogP contribution < -0.4 is 20.7 Å². The summed E-state index contributed by atoms with van der Waals surface area (Å²) in [7, 11) is 1.79. The quantitative estimate of drug-likeness (QED) is 0.345. The van der Waals surface area contributed by atoms with E-state index in [1.807, 2.05) is 18.2 Å². The monoisotopic (exact) mass is 396 g/mol. The van der Waals surface area contributed by atoms with Crippen LogP contribution >= 0.6 is 0 Å². The Balaban J connectivity index is 1.43. The third-order valence-electron chi connectivity index (χ3n) is 4.82. The van der Waals surface area contributed by atoms with Crippen molar-refractivity contribution in [1.29, 1.82) is 0 Å². The highest BCUT2D eigenvalue weighted by Crippen LogP contribution is 2.23. The van der Waals surface area contributed by atoms with E-state index in [0.717, 1.165) is 55.5 Å². The lowest BCUT2D eigenvalue weighted by Gasteiger charge is -2.18. The summed E-state index contributed by atoms with van der Waals surface area (Å²) < 4.78 is 11.6. The number of hydrogen-bond acceptors (Lipinski definition) is 4. The minimum atomic E-state index is 0.144. The molecule has 156 valence electrons. The van der Waals surface area contributed by atoms with Gasteiger partial charge in [0.15, 0.2) is 5.96 Å². The molecule has 1 atom stereocenters. The van der Waals surface area contributed by atoms with Gasteiger partial charge in [-0.2, -0.15) is 0 Å². The van der Waals surface area contributed by atoms with E-state index in [2.05, 4.69) is 58.2 Å². The molecular weight excluding hydrogens is 364 g/mol. The maximum atomic E-state index is 6.17. The van der Waals surface area contributed by atoms with Crippen LogP contribution in [0.25, 0.3) is 0 Å². The molecule has 1 aliphatic heterocycles. The Morgan fingerprint density at radius 3 is 2.76 bits per heavy atom. The Hall–Kier alpha value is -2.73. The molecule has 3 rings (SSSR count). The first kappa shape index (κ1) is 21.0. The average molecular weight is 397 g/mol. The number of nitrogens with one attached hydrogen (secondary N) is 3. The van der Waals surface area contributed by atoms with E-state index in [9.17, 15) is 0 Å². The van der Waals surface area contributed by atoms with Crippen LogP contribution in [-0.4, -0.2) is 45.4 Å². The summed E-state index contributed by atoms with van der Waals surface area (Å²) in [5.74, 6) is 1.72. The number of anilines is 1. The van der Waals surface area contributed by atoms with Crippen LogP contribution in [0.5, 0.6) is 5.75 Å². The van der Waals surface area contributed by atoms with E-state index < -0.39 is 0 Å². The fourth-order valence-electron chi connectivity index (χ4n) is 3.19. The first-order valence-corrected chi connectivity index (χ1v) is 10.3. The van der Waals surface area contributed by atoms with E-state index in [4.69, 9.17) is 9.47 Å². The largest absolute Gasteiger partial charge is 0.488 e. The Labute approximate surface area is 173 Å². The van der Waals surface area contributed by atoms with E-state index in [1.54, 1.807) is 7.05 Å². The summed E-state index contributed by atoms with van der Waals surface area (Å²) in [5, 5.41) is 10.2. The molecule has 0 radical (unpaired) electrons. The van der Waals surface area contributed by atoms with Crippen molar-refractivity contribution in [3.8, 4) is 5.75 Å². The van der Waals surface area contributed by atoms with Crippen molar-refractivity contribution in [3.63, 3.8) is 0 Å². The van der Waals surface area contributed by atoms with Gasteiger partial charge in [0.05, 0.1) is 13.2 Å². The van der Waals surface area contributed by atoms with Gasteiger partial charge in [-0.25, -0.2) is 0 Å². The minimum Gasteiger partial charge on any atom is -0.488 e. The van der Waals surface area contributed by atoms with Crippen LogP contribution in [0.2, 0.25) is 0 Å². The first-order valence-electron chi connectivity index (χ1n) is 10.3. The van der Waals surface area contributed by atoms with E-state index in [1.165, 1.54) is 5.56 Å². The predicted molar refractivity (Wildman–Crippen MR) is 119 cm³/mol. The van der Waals surface area contributed by atoms with Gasteiger partial charge in [-0.15, -0.1) is 0 Å². The second-order valence-electron chi connectivity index (χ2n) is 7.21. The first-order chi connectivity index (χ1) is 14.2. The highest BCUT2D eigenvalue weighted by atomic mass is 16.5. The molecule has 0 aromatic heterocycles. The Kier molecular flexibility index (Phi) is 8.19. The van der Waals surface area contributed by atoms with Gasteiger partial charge in [-0.1, -0.05) is 30.3 Å². The van der Waals surface area contributed by atoms with Crippen LogP contribution in [0.4, 0.5) is 5.69 Å². The maximum absolute atomic E-state index is 6.17. The molecule has 0 saturated carbocycles. The van der Waals surface area contributed by atoms with Crippen LogP contribution in [0.15, 0.2) is 53.5 Å². The van der Waals surface area contributed by atoms with Crippen molar-refractivity contribution in [2.75, 3.05) is 38.7 Å². The van der Waals surface area contributed by atoms with Gasteiger partial charge in [-0.3, -0.25) is 4.99 Å². The smallest absolute Gasteiger partial charge is 0.191 e. The van der Waals surface area contributed by atoms with Gasteiger partial charge in [0.2, 0.25) is 0 Å². The van der Waals surface area contributed by atoms with Crippen molar-refractivity contribution in [3.05, 3.63) is 59.7 Å². The summed E-state index contributed by atoms with van der Waals surface area (Å²) in [6.07, 6.45) is 2.09. The topological polar surface area (TPSA) is 66.9 Å². The number of benzene rings is 2. The maximum Gasteiger partial charge on any atom is 0.191 e. The molecule has 3 N–H and O–H groups in total. The van der Waals surface area contributed by atoms with E-state index >= 15 is 0 Å². The van der Waals surface area contributed by atoms with Gasteiger partial charge >= 0.3 is 0 Å². The summed E-state index contributed by atoms with van der Waals surface area (Å²) in [6.45, 7) is 5.94. The third kappa shape index (κ3) is 6.98. The number of aryl methyl sites for hydroxylation is 1. The fourth-order valence-corrected chi connectivity index (χ4v) is 3.19. The number of para-hydroxylation sites is 1. The predicted octanol–water partition coefficient (Wildman–Crippen LogP) is 3.33. The SMILES string of the molecule is CN=C(NCCCNc1ccccc1)NCc1ccc(C)cc1OC1CCOC1. The van der Waals surface area contributed by atoms with Gasteiger partial charge < -0.3 is 25.4 Å². The zero-order valence-corrected chi connectivity index (χ0v) is 17.4. The molecule has 2 aromatic carbocycles. The Bertz CT molecular complexity index is 774. The van der Waals surface area contributed by atoms with E-state index in [-0.39, 0.29) is 6.10 Å². The normalized spacial score (nSPS) is 16.5. The number of hydrogen-bond donors (Lipinski definition) is 3. The lowest BCUT2D eigenvalue weighted by Crippen LogP contribution is -2.37. The standard InChI is InChI=1S/C23H32N4O2/c1-18-9-10-19(22(15-18)29-21-11-14-28-17-21)16-27-23(24-2)26-13-6-12-25-20-7-4-3-5-8-20/h3-5,7-10,15,21,25H,6,11-14,16-17H2,1-2H3,(H2,24,26,27). The average Bonchev–Trinajstić information content (AvgIpc) is 3.25. The molecule has 6 heteroatoms. The van der Waals surface area contributed by atoms with Crippen molar-refractivity contribution in [2.24, 2.45) is 4.99 Å². The van der Waals surface area contributed by atoms with Crippen LogP contribution in [0.1, 0.15) is 24.0 Å². The van der Waals surface area contributed by atoms with Crippen molar-refractivity contribution in [2.45, 2.75) is 32.4 Å². The molecule has 1 fully saturated rings. The highest BCUT2D eigenvalue weighted by molar-refractivity contribution is 5.79. The summed E-state index contributed by atoms with van der Waals surface area (Å²) in [6, 6.07) is 16.6. The number of ether oxygens (including phenoxy) is 2. The van der Waals surface area contributed by atoms with Crippen LogP contribution in [0.3, 0.4) is 0 Å². The number of guanidine groups is 1. The van der Waals surface area contributed by atoms with Crippen molar-refractivity contribution in [1.82, 2.24) is 10.6 Å². The summed E-state index contributed by atoms with van der Waals surface area (Å²) >= 11 is 0. The zero-order chi connectivity index (χ0) is 20.3. The molecule has 6 nitrogen and oxygen atoms in total. The Morgan fingerprint density at radius 1 is 1.14 bits per heavy atom. The third-order valence-corrected chi connectivity index (χ3v) is 4.82. The van der Waals surface area contributed by atoms with Crippen LogP contribution in [-0.2, 0) is 11.3 Å². The summed E-state index contributed by atoms with van der Waals surface area (Å²) in [4.78, 5) is 4.32. The molecule has 29 heavy (non-hydrogen) atoms. The lowest BCUT2D eigenvalue weighted by atomic mass is 10.1. The molecule has 2 aromatic rings. The zero-order valence-electron chi connectivity index (χ0n) is 17.4. The van der Waals surface area contributed by atoms with Gasteiger partial charge in [-0.05, 0) is 37.1 Å². The fraction of sp³-hybridized carbons (Fsp3) is 0.435. The van der Waals surface area contributed by atoms with Gasteiger partial charge in [0.1, 0.15) is 11.9 Å². The van der Waals surface area contributed by atoms with Crippen LogP contribution in [0, 0.1) is 6.92 Å². The molecule has 0 bridgehead atoms. The molecule has 1 saturated heterocycles. The number of rotatable bonds is 9. The molecule has 1 aliphatic rings. The highest BCUT2D eigenvalue weighted by Gasteiger charge is 2.18. The van der Waals surface area contributed by atoms with E-state index in [0.29, 0.717) is 13.2 Å². The molecule has 1 heterocycles. The number of aliphatic imine (C=N–C) groups is 1. The number of nitrogens with zero attached hydrogens (tertiary/aromatic N) is 1. The van der Waals surface area contributed by atoms with Gasteiger partial charge in [0, 0.05) is 44.4 Å². The molecule has 0 amide bonds. The molecular formula is C23H32N4O2. The second kappa shape index (κ2) is 11.3. The molecule has 0 spiro atoms. The lowest BCUT2D eigenvalue weighted by molar-refractivity contribution is 0.140. The van der Waals surface area contributed by atoms with Crippen molar-refractivity contribution < 1.29 is 9.47 Å². The molecule has 0 aliphatic carbocycles. The Morgan fingerprint density at radius 2 is 2.00 bits per heavy atom. The van der Waals surface area contributed by atoms with Gasteiger partial charge in [0.25, 0.3) is 0 Å². The summed E-state index contributed by atoms with van der Waals surface area (Å²) in [5.41, 5.74) is 3.46.